The lowest BCUT2D eigenvalue weighted by Crippen LogP contribution is -2.53. The molecule has 3 rings (SSSR count). The van der Waals surface area contributed by atoms with E-state index in [0.717, 1.165) is 51.5 Å². The van der Waals surface area contributed by atoms with Gasteiger partial charge in [-0.3, -0.25) is 9.69 Å². The van der Waals surface area contributed by atoms with Crippen molar-refractivity contribution in [3.8, 4) is 0 Å². The zero-order valence-electron chi connectivity index (χ0n) is 10.9. The number of carbonyl (C=O) groups is 1. The van der Waals surface area contributed by atoms with E-state index in [0.29, 0.717) is 5.91 Å². The summed E-state index contributed by atoms with van der Waals surface area (Å²) in [5.41, 5.74) is 0. The maximum atomic E-state index is 12.2. The Bertz CT molecular complexity index is 282. The lowest BCUT2D eigenvalue weighted by Gasteiger charge is -2.36. The van der Waals surface area contributed by atoms with Crippen LogP contribution in [0.3, 0.4) is 0 Å². The van der Waals surface area contributed by atoms with Crippen molar-refractivity contribution in [3.05, 3.63) is 0 Å². The van der Waals surface area contributed by atoms with E-state index in [2.05, 4.69) is 15.1 Å². The third-order valence-corrected chi connectivity index (χ3v) is 4.26. The molecule has 0 spiro atoms. The lowest BCUT2D eigenvalue weighted by atomic mass is 10.2. The summed E-state index contributed by atoms with van der Waals surface area (Å²) in [6, 6.07) is 0.116. The van der Waals surface area contributed by atoms with Crippen LogP contribution in [-0.2, 0) is 4.79 Å². The fourth-order valence-electron chi connectivity index (χ4n) is 2.93. The number of piperazine rings is 1. The molecule has 1 atom stereocenters. The number of nitrogens with one attached hydrogen (secondary N) is 1. The standard InChI is InChI=1S/C13H23N3O.ClH/c17-13(12-2-1-5-14-12)16-8-6-15(7-9-16)10-11-3-4-11;/h11-12,14H,1-10H2;1H. The smallest absolute Gasteiger partial charge is 0.239 e. The second-order valence-electron chi connectivity index (χ2n) is 5.72. The predicted molar refractivity (Wildman–Crippen MR) is 74.0 cm³/mol. The molecule has 3 fully saturated rings. The van der Waals surface area contributed by atoms with Gasteiger partial charge in [-0.1, -0.05) is 0 Å². The highest BCUT2D eigenvalue weighted by Crippen LogP contribution is 2.29. The van der Waals surface area contributed by atoms with Gasteiger partial charge in [0.05, 0.1) is 6.04 Å². The van der Waals surface area contributed by atoms with E-state index in [1.165, 1.54) is 19.4 Å². The van der Waals surface area contributed by atoms with Crippen LogP contribution in [-0.4, -0.2) is 61.0 Å². The van der Waals surface area contributed by atoms with Crippen LogP contribution in [0.5, 0.6) is 0 Å². The molecule has 1 amide bonds. The average Bonchev–Trinajstić information content (AvgIpc) is 3.00. The number of rotatable bonds is 3. The minimum atomic E-state index is 0. The van der Waals surface area contributed by atoms with E-state index in [-0.39, 0.29) is 18.4 Å². The van der Waals surface area contributed by atoms with Crippen LogP contribution in [0.25, 0.3) is 0 Å². The first-order valence-corrected chi connectivity index (χ1v) is 7.07. The van der Waals surface area contributed by atoms with Gasteiger partial charge in [0, 0.05) is 32.7 Å². The summed E-state index contributed by atoms with van der Waals surface area (Å²) in [4.78, 5) is 16.8. The van der Waals surface area contributed by atoms with Gasteiger partial charge in [-0.25, -0.2) is 0 Å². The molecule has 0 bridgehead atoms. The summed E-state index contributed by atoms with van der Waals surface area (Å²) in [7, 11) is 0. The Labute approximate surface area is 115 Å². The van der Waals surface area contributed by atoms with Gasteiger partial charge < -0.3 is 10.2 Å². The summed E-state index contributed by atoms with van der Waals surface area (Å²) in [5.74, 6) is 1.31. The highest BCUT2D eigenvalue weighted by atomic mass is 35.5. The molecule has 104 valence electrons. The van der Waals surface area contributed by atoms with Crippen molar-refractivity contribution in [2.75, 3.05) is 39.3 Å². The van der Waals surface area contributed by atoms with Crippen molar-refractivity contribution >= 4 is 18.3 Å². The third kappa shape index (κ3) is 3.37. The molecule has 0 aromatic heterocycles. The molecule has 18 heavy (non-hydrogen) atoms. The number of hydrogen-bond donors (Lipinski definition) is 1. The Balaban J connectivity index is 0.00000120. The largest absolute Gasteiger partial charge is 0.339 e. The van der Waals surface area contributed by atoms with Crippen molar-refractivity contribution in [2.45, 2.75) is 31.7 Å². The van der Waals surface area contributed by atoms with Gasteiger partial charge in [0.2, 0.25) is 5.91 Å². The predicted octanol–water partition coefficient (Wildman–Crippen LogP) is 0.714. The van der Waals surface area contributed by atoms with E-state index in [4.69, 9.17) is 0 Å². The molecular formula is C13H24ClN3O. The van der Waals surface area contributed by atoms with Crippen molar-refractivity contribution in [1.29, 1.82) is 0 Å². The Morgan fingerprint density at radius 1 is 1.11 bits per heavy atom. The number of amides is 1. The van der Waals surface area contributed by atoms with E-state index in [1.54, 1.807) is 0 Å². The van der Waals surface area contributed by atoms with Gasteiger partial charge in [0.25, 0.3) is 0 Å². The van der Waals surface area contributed by atoms with Gasteiger partial charge in [-0.15, -0.1) is 12.4 Å². The van der Waals surface area contributed by atoms with E-state index in [1.807, 2.05) is 0 Å². The van der Waals surface area contributed by atoms with Gasteiger partial charge in [-0.05, 0) is 38.1 Å². The number of carbonyl (C=O) groups excluding carboxylic acids is 1. The fraction of sp³-hybridized carbons (Fsp3) is 0.923. The van der Waals surface area contributed by atoms with Gasteiger partial charge in [0.1, 0.15) is 0 Å². The Morgan fingerprint density at radius 2 is 1.83 bits per heavy atom. The molecule has 2 aliphatic heterocycles. The van der Waals surface area contributed by atoms with E-state index >= 15 is 0 Å². The molecule has 3 aliphatic rings. The second-order valence-corrected chi connectivity index (χ2v) is 5.72. The van der Waals surface area contributed by atoms with Crippen molar-refractivity contribution in [1.82, 2.24) is 15.1 Å². The van der Waals surface area contributed by atoms with E-state index in [9.17, 15) is 4.79 Å². The fourth-order valence-corrected chi connectivity index (χ4v) is 2.93. The quantitative estimate of drug-likeness (QED) is 0.823. The second kappa shape index (κ2) is 6.22. The molecule has 1 unspecified atom stereocenters. The minimum absolute atomic E-state index is 0. The SMILES string of the molecule is Cl.O=C(C1CCCN1)N1CCN(CC2CC2)CC1. The Kier molecular flexibility index (Phi) is 4.87. The molecule has 4 nitrogen and oxygen atoms in total. The molecule has 1 saturated carbocycles. The molecule has 5 heteroatoms. The number of hydrogen-bond acceptors (Lipinski definition) is 3. The summed E-state index contributed by atoms with van der Waals surface area (Å²) >= 11 is 0. The number of nitrogens with zero attached hydrogens (tertiary/aromatic N) is 2. The first-order chi connectivity index (χ1) is 8.33. The lowest BCUT2D eigenvalue weighted by molar-refractivity contribution is -0.134. The van der Waals surface area contributed by atoms with Crippen LogP contribution in [0, 0.1) is 5.92 Å². The summed E-state index contributed by atoms with van der Waals surface area (Å²) in [6.45, 7) is 6.30. The van der Waals surface area contributed by atoms with Crippen LogP contribution in [0.1, 0.15) is 25.7 Å². The van der Waals surface area contributed by atoms with Crippen molar-refractivity contribution in [3.63, 3.8) is 0 Å². The molecule has 1 N–H and O–H groups in total. The topological polar surface area (TPSA) is 35.6 Å². The molecule has 2 heterocycles. The van der Waals surface area contributed by atoms with Gasteiger partial charge in [-0.2, -0.15) is 0 Å². The molecule has 0 aromatic rings. The Hall–Kier alpha value is -0.320. The monoisotopic (exact) mass is 273 g/mol. The van der Waals surface area contributed by atoms with Crippen LogP contribution >= 0.6 is 12.4 Å². The molecule has 0 radical (unpaired) electrons. The minimum Gasteiger partial charge on any atom is -0.339 e. The summed E-state index contributed by atoms with van der Waals surface area (Å²) in [5, 5.41) is 3.30. The maximum absolute atomic E-state index is 12.2. The molecule has 0 aromatic carbocycles. The van der Waals surface area contributed by atoms with Crippen LogP contribution in [0.2, 0.25) is 0 Å². The van der Waals surface area contributed by atoms with Crippen molar-refractivity contribution < 1.29 is 4.79 Å². The zero-order chi connectivity index (χ0) is 11.7. The third-order valence-electron chi connectivity index (χ3n) is 4.26. The summed E-state index contributed by atoms with van der Waals surface area (Å²) in [6.07, 6.45) is 5.02. The molecular weight excluding hydrogens is 250 g/mol. The van der Waals surface area contributed by atoms with Gasteiger partial charge in [0.15, 0.2) is 0 Å². The summed E-state index contributed by atoms with van der Waals surface area (Å²) < 4.78 is 0. The van der Waals surface area contributed by atoms with Crippen molar-refractivity contribution in [2.24, 2.45) is 5.92 Å². The first-order valence-electron chi connectivity index (χ1n) is 7.07. The normalized spacial score (nSPS) is 29.1. The maximum Gasteiger partial charge on any atom is 0.239 e. The molecule has 1 aliphatic carbocycles. The average molecular weight is 274 g/mol. The highest BCUT2D eigenvalue weighted by molar-refractivity contribution is 5.85. The number of halogens is 1. The van der Waals surface area contributed by atoms with Crippen LogP contribution in [0.15, 0.2) is 0 Å². The Morgan fingerprint density at radius 3 is 2.39 bits per heavy atom. The highest BCUT2D eigenvalue weighted by Gasteiger charge is 2.31. The zero-order valence-corrected chi connectivity index (χ0v) is 11.8. The van der Waals surface area contributed by atoms with E-state index < -0.39 is 0 Å². The van der Waals surface area contributed by atoms with Crippen LogP contribution in [0.4, 0.5) is 0 Å². The first kappa shape index (κ1) is 14.1. The van der Waals surface area contributed by atoms with Crippen LogP contribution < -0.4 is 5.32 Å². The van der Waals surface area contributed by atoms with Gasteiger partial charge >= 0.3 is 0 Å². The molecule has 2 saturated heterocycles.